The van der Waals surface area contributed by atoms with Crippen molar-refractivity contribution in [2.75, 3.05) is 13.2 Å². The predicted molar refractivity (Wildman–Crippen MR) is 82.9 cm³/mol. The monoisotopic (exact) mass is 331 g/mol. The van der Waals surface area contributed by atoms with E-state index in [1.807, 2.05) is 0 Å². The summed E-state index contributed by atoms with van der Waals surface area (Å²) in [6.07, 6.45) is 4.02. The number of rotatable bonds is 5. The van der Waals surface area contributed by atoms with Crippen LogP contribution in [0, 0.1) is 5.92 Å². The molecule has 1 fully saturated rings. The van der Waals surface area contributed by atoms with Crippen molar-refractivity contribution in [3.05, 3.63) is 28.2 Å². The zero-order valence-corrected chi connectivity index (χ0v) is 13.2. The molecule has 2 N–H and O–H groups in total. The van der Waals surface area contributed by atoms with Crippen LogP contribution in [0.3, 0.4) is 0 Å². The molecule has 6 heteroatoms. The number of aliphatic hydroxyl groups is 1. The highest BCUT2D eigenvalue weighted by atomic mass is 35.5. The fourth-order valence-corrected chi connectivity index (χ4v) is 2.93. The van der Waals surface area contributed by atoms with Crippen LogP contribution in [0.1, 0.15) is 25.7 Å². The molecule has 116 valence electrons. The second kappa shape index (κ2) is 7.87. The fourth-order valence-electron chi connectivity index (χ4n) is 2.60. The number of ether oxygens (including phenoxy) is 1. The Balaban J connectivity index is 1.85. The minimum Gasteiger partial charge on any atom is -0.482 e. The molecule has 2 rings (SSSR count). The van der Waals surface area contributed by atoms with Gasteiger partial charge in [0.2, 0.25) is 0 Å². The van der Waals surface area contributed by atoms with Crippen LogP contribution >= 0.6 is 23.2 Å². The average molecular weight is 332 g/mol. The first-order valence-electron chi connectivity index (χ1n) is 7.08. The molecular formula is C15H19Cl2NO3. The SMILES string of the molecule is O=C(COc1cc(Cl)ccc1Cl)NC1CCCCC1CO. The number of halogens is 2. The number of hydrogen-bond acceptors (Lipinski definition) is 3. The summed E-state index contributed by atoms with van der Waals surface area (Å²) in [4.78, 5) is 11.9. The van der Waals surface area contributed by atoms with Gasteiger partial charge in [-0.2, -0.15) is 0 Å². The lowest BCUT2D eigenvalue weighted by atomic mass is 9.85. The average Bonchev–Trinajstić information content (AvgIpc) is 2.49. The predicted octanol–water partition coefficient (Wildman–Crippen LogP) is 3.04. The number of carbonyl (C=O) groups is 1. The molecule has 1 amide bonds. The van der Waals surface area contributed by atoms with Gasteiger partial charge in [0.05, 0.1) is 5.02 Å². The number of hydrogen-bond donors (Lipinski definition) is 2. The Morgan fingerprint density at radius 1 is 1.33 bits per heavy atom. The smallest absolute Gasteiger partial charge is 0.258 e. The maximum absolute atomic E-state index is 11.9. The van der Waals surface area contributed by atoms with Crippen LogP contribution in [0.5, 0.6) is 5.75 Å². The Morgan fingerprint density at radius 2 is 2.10 bits per heavy atom. The van der Waals surface area contributed by atoms with E-state index in [1.165, 1.54) is 0 Å². The van der Waals surface area contributed by atoms with Gasteiger partial charge >= 0.3 is 0 Å². The van der Waals surface area contributed by atoms with Crippen molar-refractivity contribution in [1.82, 2.24) is 5.32 Å². The Morgan fingerprint density at radius 3 is 2.86 bits per heavy atom. The molecule has 0 aliphatic heterocycles. The summed E-state index contributed by atoms with van der Waals surface area (Å²) >= 11 is 11.8. The first-order chi connectivity index (χ1) is 10.1. The first-order valence-corrected chi connectivity index (χ1v) is 7.84. The summed E-state index contributed by atoms with van der Waals surface area (Å²) in [5, 5.41) is 13.2. The zero-order valence-electron chi connectivity index (χ0n) is 11.6. The van der Waals surface area contributed by atoms with Gasteiger partial charge in [0.1, 0.15) is 5.75 Å². The van der Waals surface area contributed by atoms with Crippen molar-refractivity contribution in [2.24, 2.45) is 5.92 Å². The van der Waals surface area contributed by atoms with Gasteiger partial charge in [-0.25, -0.2) is 0 Å². The highest BCUT2D eigenvalue weighted by molar-refractivity contribution is 6.34. The number of carbonyl (C=O) groups excluding carboxylic acids is 1. The van der Waals surface area contributed by atoms with Gasteiger partial charge in [-0.15, -0.1) is 0 Å². The molecule has 0 spiro atoms. The summed E-state index contributed by atoms with van der Waals surface area (Å²) in [6, 6.07) is 4.88. The molecule has 0 bridgehead atoms. The van der Waals surface area contributed by atoms with Crippen LogP contribution in [0.4, 0.5) is 0 Å². The Kier molecular flexibility index (Phi) is 6.15. The maximum Gasteiger partial charge on any atom is 0.258 e. The van der Waals surface area contributed by atoms with Crippen molar-refractivity contribution in [2.45, 2.75) is 31.7 Å². The molecule has 2 unspecified atom stereocenters. The fraction of sp³-hybridized carbons (Fsp3) is 0.533. The quantitative estimate of drug-likeness (QED) is 0.871. The molecule has 0 radical (unpaired) electrons. The van der Waals surface area contributed by atoms with Crippen molar-refractivity contribution in [1.29, 1.82) is 0 Å². The van der Waals surface area contributed by atoms with Crippen LogP contribution in [0.2, 0.25) is 10.0 Å². The highest BCUT2D eigenvalue weighted by Crippen LogP contribution is 2.28. The molecule has 1 aliphatic carbocycles. The molecule has 4 nitrogen and oxygen atoms in total. The molecule has 1 aromatic carbocycles. The second-order valence-corrected chi connectivity index (χ2v) is 6.11. The molecule has 1 aromatic rings. The summed E-state index contributed by atoms with van der Waals surface area (Å²) in [7, 11) is 0. The Labute approximate surface area is 134 Å². The van der Waals surface area contributed by atoms with E-state index >= 15 is 0 Å². The highest BCUT2D eigenvalue weighted by Gasteiger charge is 2.25. The van der Waals surface area contributed by atoms with Crippen LogP contribution in [0.25, 0.3) is 0 Å². The van der Waals surface area contributed by atoms with E-state index in [1.54, 1.807) is 18.2 Å². The van der Waals surface area contributed by atoms with E-state index in [4.69, 9.17) is 27.9 Å². The van der Waals surface area contributed by atoms with Crippen LogP contribution in [-0.4, -0.2) is 30.3 Å². The molecule has 0 heterocycles. The lowest BCUT2D eigenvalue weighted by Gasteiger charge is -2.30. The van der Waals surface area contributed by atoms with Gasteiger partial charge in [0.25, 0.3) is 5.91 Å². The molecule has 21 heavy (non-hydrogen) atoms. The molecule has 0 aromatic heterocycles. The largest absolute Gasteiger partial charge is 0.482 e. The molecular weight excluding hydrogens is 313 g/mol. The first kappa shape index (κ1) is 16.4. The van der Waals surface area contributed by atoms with Gasteiger partial charge in [0, 0.05) is 29.7 Å². The Hall–Kier alpha value is -0.970. The van der Waals surface area contributed by atoms with Crippen molar-refractivity contribution >= 4 is 29.1 Å². The third-order valence-corrected chi connectivity index (χ3v) is 4.29. The normalized spacial score (nSPS) is 21.9. The van der Waals surface area contributed by atoms with Gasteiger partial charge in [-0.1, -0.05) is 36.0 Å². The summed E-state index contributed by atoms with van der Waals surface area (Å²) in [5.41, 5.74) is 0. The summed E-state index contributed by atoms with van der Waals surface area (Å²) in [5.74, 6) is 0.315. The van der Waals surface area contributed by atoms with Crippen molar-refractivity contribution in [3.8, 4) is 5.75 Å². The lowest BCUT2D eigenvalue weighted by molar-refractivity contribution is -0.124. The van der Waals surface area contributed by atoms with Crippen molar-refractivity contribution in [3.63, 3.8) is 0 Å². The third-order valence-electron chi connectivity index (χ3n) is 3.74. The molecule has 0 saturated heterocycles. The maximum atomic E-state index is 11.9. The van der Waals surface area contributed by atoms with Crippen LogP contribution in [0.15, 0.2) is 18.2 Å². The van der Waals surface area contributed by atoms with E-state index in [9.17, 15) is 9.90 Å². The number of amides is 1. The van der Waals surface area contributed by atoms with Crippen molar-refractivity contribution < 1.29 is 14.6 Å². The zero-order chi connectivity index (χ0) is 15.2. The van der Waals surface area contributed by atoms with Crippen LogP contribution < -0.4 is 10.1 Å². The Bertz CT molecular complexity index is 496. The number of nitrogens with one attached hydrogen (secondary N) is 1. The number of benzene rings is 1. The van der Waals surface area contributed by atoms with Gasteiger partial charge in [0.15, 0.2) is 6.61 Å². The minimum atomic E-state index is -0.212. The summed E-state index contributed by atoms with van der Waals surface area (Å²) < 4.78 is 5.40. The van der Waals surface area contributed by atoms with Gasteiger partial charge in [-0.3, -0.25) is 4.79 Å². The van der Waals surface area contributed by atoms with E-state index in [2.05, 4.69) is 5.32 Å². The van der Waals surface area contributed by atoms with Crippen LogP contribution in [-0.2, 0) is 4.79 Å². The standard InChI is InChI=1S/C15H19Cl2NO3/c16-11-5-6-12(17)14(7-11)21-9-15(20)18-13-4-2-1-3-10(13)8-19/h5-7,10,13,19H,1-4,8-9H2,(H,18,20). The summed E-state index contributed by atoms with van der Waals surface area (Å²) in [6.45, 7) is -0.0133. The second-order valence-electron chi connectivity index (χ2n) is 5.26. The minimum absolute atomic E-state index is 0.0229. The number of aliphatic hydroxyl groups excluding tert-OH is 1. The molecule has 1 aliphatic rings. The van der Waals surface area contributed by atoms with E-state index in [0.717, 1.165) is 25.7 Å². The van der Waals surface area contributed by atoms with E-state index in [-0.39, 0.29) is 31.1 Å². The lowest BCUT2D eigenvalue weighted by Crippen LogP contribution is -2.45. The van der Waals surface area contributed by atoms with E-state index < -0.39 is 0 Å². The van der Waals surface area contributed by atoms with Gasteiger partial charge < -0.3 is 15.2 Å². The van der Waals surface area contributed by atoms with E-state index in [0.29, 0.717) is 15.8 Å². The molecule has 2 atom stereocenters. The van der Waals surface area contributed by atoms with Gasteiger partial charge in [-0.05, 0) is 25.0 Å². The third kappa shape index (κ3) is 4.77. The topological polar surface area (TPSA) is 58.6 Å². The molecule has 1 saturated carbocycles.